The fraction of sp³-hybridized carbons (Fsp3) is 0.455. The first-order chi connectivity index (χ1) is 5.52. The summed E-state index contributed by atoms with van der Waals surface area (Å²) in [4.78, 5) is 2.15. The standard InChI is InChI=1S/C11H17N/c1-8-6-10(3)11(12(4)5)7-9(8)2/h6-7H,1-5H3. The number of rotatable bonds is 1. The summed E-state index contributed by atoms with van der Waals surface area (Å²) in [5.74, 6) is 0. The van der Waals surface area contributed by atoms with Gasteiger partial charge in [-0.05, 0) is 43.5 Å². The first kappa shape index (κ1) is 9.11. The van der Waals surface area contributed by atoms with Crippen LogP contribution in [0.4, 0.5) is 5.69 Å². The summed E-state index contributed by atoms with van der Waals surface area (Å²) in [6, 6.07) is 4.48. The maximum atomic E-state index is 2.24. The second-order valence-electron chi connectivity index (χ2n) is 3.62. The molecule has 0 heterocycles. The van der Waals surface area contributed by atoms with Crippen LogP contribution in [0.5, 0.6) is 0 Å². The zero-order chi connectivity index (χ0) is 9.30. The van der Waals surface area contributed by atoms with E-state index in [4.69, 9.17) is 0 Å². The van der Waals surface area contributed by atoms with Gasteiger partial charge in [-0.2, -0.15) is 0 Å². The van der Waals surface area contributed by atoms with Crippen LogP contribution >= 0.6 is 0 Å². The molecule has 1 aromatic carbocycles. The van der Waals surface area contributed by atoms with Gasteiger partial charge in [-0.25, -0.2) is 0 Å². The van der Waals surface area contributed by atoms with E-state index < -0.39 is 0 Å². The average molecular weight is 163 g/mol. The molecule has 1 nitrogen and oxygen atoms in total. The highest BCUT2D eigenvalue weighted by molar-refractivity contribution is 5.55. The maximum absolute atomic E-state index is 2.24. The average Bonchev–Trinajstić information content (AvgIpc) is 1.96. The fourth-order valence-electron chi connectivity index (χ4n) is 1.43. The highest BCUT2D eigenvalue weighted by Crippen LogP contribution is 2.21. The van der Waals surface area contributed by atoms with Gasteiger partial charge < -0.3 is 4.90 Å². The van der Waals surface area contributed by atoms with Crippen molar-refractivity contribution >= 4 is 5.69 Å². The Morgan fingerprint density at radius 2 is 1.33 bits per heavy atom. The third kappa shape index (κ3) is 1.60. The molecule has 1 rings (SSSR count). The monoisotopic (exact) mass is 163 g/mol. The van der Waals surface area contributed by atoms with Crippen molar-refractivity contribution in [2.45, 2.75) is 20.8 Å². The molecule has 0 spiro atoms. The van der Waals surface area contributed by atoms with E-state index in [1.54, 1.807) is 0 Å². The number of anilines is 1. The Morgan fingerprint density at radius 3 is 1.83 bits per heavy atom. The summed E-state index contributed by atoms with van der Waals surface area (Å²) >= 11 is 0. The summed E-state index contributed by atoms with van der Waals surface area (Å²) in [7, 11) is 4.16. The van der Waals surface area contributed by atoms with Crippen LogP contribution in [-0.4, -0.2) is 14.1 Å². The molecular formula is C11H17N. The smallest absolute Gasteiger partial charge is 0.0393 e. The Labute approximate surface area is 75.0 Å². The van der Waals surface area contributed by atoms with Crippen LogP contribution in [0.1, 0.15) is 16.7 Å². The lowest BCUT2D eigenvalue weighted by molar-refractivity contribution is 1.10. The van der Waals surface area contributed by atoms with Gasteiger partial charge in [-0.15, -0.1) is 0 Å². The number of nitrogens with zero attached hydrogens (tertiary/aromatic N) is 1. The minimum absolute atomic E-state index is 1.32. The van der Waals surface area contributed by atoms with E-state index in [9.17, 15) is 0 Å². The minimum atomic E-state index is 1.32. The third-order valence-corrected chi connectivity index (χ3v) is 2.29. The summed E-state index contributed by atoms with van der Waals surface area (Å²) in [5.41, 5.74) is 5.41. The van der Waals surface area contributed by atoms with Crippen LogP contribution in [0.2, 0.25) is 0 Å². The van der Waals surface area contributed by atoms with Crippen molar-refractivity contribution in [2.24, 2.45) is 0 Å². The Morgan fingerprint density at radius 1 is 0.833 bits per heavy atom. The van der Waals surface area contributed by atoms with Crippen LogP contribution in [0.3, 0.4) is 0 Å². The van der Waals surface area contributed by atoms with Crippen LogP contribution in [0.25, 0.3) is 0 Å². The van der Waals surface area contributed by atoms with Gasteiger partial charge in [0.05, 0.1) is 0 Å². The number of hydrogen-bond acceptors (Lipinski definition) is 1. The second-order valence-corrected chi connectivity index (χ2v) is 3.62. The summed E-state index contributed by atoms with van der Waals surface area (Å²) in [5, 5.41) is 0. The number of benzene rings is 1. The van der Waals surface area contributed by atoms with Gasteiger partial charge in [0, 0.05) is 19.8 Å². The van der Waals surface area contributed by atoms with Crippen LogP contribution in [0.15, 0.2) is 12.1 Å². The molecule has 0 aromatic heterocycles. The third-order valence-electron chi connectivity index (χ3n) is 2.29. The number of hydrogen-bond donors (Lipinski definition) is 0. The highest BCUT2D eigenvalue weighted by atomic mass is 15.1. The molecule has 1 aromatic rings. The molecule has 0 amide bonds. The quantitative estimate of drug-likeness (QED) is 0.615. The zero-order valence-electron chi connectivity index (χ0n) is 8.60. The molecule has 0 saturated heterocycles. The van der Waals surface area contributed by atoms with Gasteiger partial charge in [-0.3, -0.25) is 0 Å². The maximum Gasteiger partial charge on any atom is 0.0393 e. The topological polar surface area (TPSA) is 3.24 Å². The molecule has 0 fully saturated rings. The zero-order valence-corrected chi connectivity index (χ0v) is 8.60. The molecule has 0 aliphatic heterocycles. The van der Waals surface area contributed by atoms with Crippen molar-refractivity contribution in [1.82, 2.24) is 0 Å². The van der Waals surface area contributed by atoms with Gasteiger partial charge in [-0.1, -0.05) is 6.07 Å². The summed E-state index contributed by atoms with van der Waals surface area (Å²) in [6.45, 7) is 6.46. The Kier molecular flexibility index (Phi) is 2.41. The first-order valence-corrected chi connectivity index (χ1v) is 4.27. The SMILES string of the molecule is Cc1cc(C)c(N(C)C)cc1C. The van der Waals surface area contributed by atoms with Crippen LogP contribution < -0.4 is 4.90 Å². The molecule has 0 aliphatic carbocycles. The van der Waals surface area contributed by atoms with E-state index in [-0.39, 0.29) is 0 Å². The van der Waals surface area contributed by atoms with Crippen LogP contribution in [-0.2, 0) is 0 Å². The lowest BCUT2D eigenvalue weighted by Crippen LogP contribution is -2.10. The van der Waals surface area contributed by atoms with Crippen LogP contribution in [0, 0.1) is 20.8 Å². The first-order valence-electron chi connectivity index (χ1n) is 4.27. The fourth-order valence-corrected chi connectivity index (χ4v) is 1.43. The number of aryl methyl sites for hydroxylation is 3. The lowest BCUT2D eigenvalue weighted by atomic mass is 10.0. The Balaban J connectivity index is 3.23. The molecule has 0 atom stereocenters. The molecule has 0 unspecified atom stereocenters. The molecule has 0 N–H and O–H groups in total. The molecular weight excluding hydrogens is 146 g/mol. The van der Waals surface area contributed by atoms with Gasteiger partial charge in [0.15, 0.2) is 0 Å². The summed E-state index contributed by atoms with van der Waals surface area (Å²) < 4.78 is 0. The van der Waals surface area contributed by atoms with Gasteiger partial charge >= 0.3 is 0 Å². The van der Waals surface area contributed by atoms with Crippen molar-refractivity contribution in [3.63, 3.8) is 0 Å². The van der Waals surface area contributed by atoms with E-state index in [0.717, 1.165) is 0 Å². The Hall–Kier alpha value is -0.980. The van der Waals surface area contributed by atoms with Gasteiger partial charge in [0.25, 0.3) is 0 Å². The van der Waals surface area contributed by atoms with Crippen molar-refractivity contribution < 1.29 is 0 Å². The lowest BCUT2D eigenvalue weighted by Gasteiger charge is -2.17. The normalized spacial score (nSPS) is 10.1. The molecule has 0 bridgehead atoms. The van der Waals surface area contributed by atoms with E-state index in [1.807, 2.05) is 0 Å². The van der Waals surface area contributed by atoms with Crippen molar-refractivity contribution in [1.29, 1.82) is 0 Å². The predicted molar refractivity (Wildman–Crippen MR) is 55.0 cm³/mol. The van der Waals surface area contributed by atoms with E-state index in [2.05, 4.69) is 51.9 Å². The van der Waals surface area contributed by atoms with Gasteiger partial charge in [0.2, 0.25) is 0 Å². The molecule has 66 valence electrons. The largest absolute Gasteiger partial charge is 0.377 e. The van der Waals surface area contributed by atoms with Crippen molar-refractivity contribution in [3.05, 3.63) is 28.8 Å². The van der Waals surface area contributed by atoms with Gasteiger partial charge in [0.1, 0.15) is 0 Å². The minimum Gasteiger partial charge on any atom is -0.377 e. The van der Waals surface area contributed by atoms with E-state index >= 15 is 0 Å². The molecule has 1 heteroatoms. The molecule has 0 radical (unpaired) electrons. The second kappa shape index (κ2) is 3.18. The predicted octanol–water partition coefficient (Wildman–Crippen LogP) is 2.68. The molecule has 0 aliphatic rings. The van der Waals surface area contributed by atoms with Crippen molar-refractivity contribution in [3.8, 4) is 0 Å². The van der Waals surface area contributed by atoms with Crippen molar-refractivity contribution in [2.75, 3.05) is 19.0 Å². The van der Waals surface area contributed by atoms with E-state index in [1.165, 1.54) is 22.4 Å². The molecule has 0 saturated carbocycles. The highest BCUT2D eigenvalue weighted by Gasteiger charge is 2.02. The molecule has 12 heavy (non-hydrogen) atoms. The Bertz CT molecular complexity index is 287. The van der Waals surface area contributed by atoms with E-state index in [0.29, 0.717) is 0 Å². The summed E-state index contributed by atoms with van der Waals surface area (Å²) in [6.07, 6.45) is 0.